The molecule has 0 radical (unpaired) electrons. The Morgan fingerprint density at radius 3 is 1.87 bits per heavy atom. The van der Waals surface area contributed by atoms with E-state index >= 15 is 0 Å². The number of allylic oxidation sites excluding steroid dienone is 1. The Kier molecular flexibility index (Phi) is 12.5. The van der Waals surface area contributed by atoms with Crippen LogP contribution in [0.1, 0.15) is 5.56 Å². The van der Waals surface area contributed by atoms with Crippen molar-refractivity contribution in [3.05, 3.63) is 177 Å². The van der Waals surface area contributed by atoms with Crippen LogP contribution in [0.4, 0.5) is 20.2 Å². The maximum absolute atomic E-state index is 13.4. The number of nitro benzene ring substituents is 2. The fourth-order valence-electron chi connectivity index (χ4n) is 5.84. The molecule has 0 atom stereocenters. The summed E-state index contributed by atoms with van der Waals surface area (Å²) < 4.78 is 28.1. The average Bonchev–Trinajstić information content (AvgIpc) is 3.20. The van der Waals surface area contributed by atoms with Gasteiger partial charge in [-0.1, -0.05) is 82.1 Å². The van der Waals surface area contributed by atoms with Gasteiger partial charge in [0, 0.05) is 11.1 Å². The van der Waals surface area contributed by atoms with Gasteiger partial charge in [0.25, 0.3) is 22.8 Å². The summed E-state index contributed by atoms with van der Waals surface area (Å²) in [5.41, 5.74) is 0.835. The molecule has 0 saturated carbocycles. The number of hydrogen-bond donors (Lipinski definition) is 1. The summed E-state index contributed by atoms with van der Waals surface area (Å²) in [5, 5.41) is 37.5. The summed E-state index contributed by atoms with van der Waals surface area (Å²) in [7, 11) is 0. The zero-order valence-electron chi connectivity index (χ0n) is 29.7. The van der Waals surface area contributed by atoms with Gasteiger partial charge in [-0.15, -0.1) is 0 Å². The van der Waals surface area contributed by atoms with Crippen molar-refractivity contribution in [1.29, 1.82) is 0 Å². The predicted octanol–water partition coefficient (Wildman–Crippen LogP) is 10.1. The van der Waals surface area contributed by atoms with Crippen molar-refractivity contribution >= 4 is 103 Å². The van der Waals surface area contributed by atoms with Gasteiger partial charge in [-0.05, 0) is 72.8 Å². The molecule has 0 bridgehead atoms. The SMILES string of the molecule is O=C1NCN2N=C(Sc3ccc(F)cc3[N+](=O)[O-])C=CC2=C1c1c(Cl)cccc1Cl.O=c1ncn2nc(Sc3ccc(F)cc3[N+](=O)[O-])ccc2c1-c1c(Cl)cccc1Cl. The molecule has 302 valence electrons. The molecule has 2 aliphatic rings. The fraction of sp³-hybridized carbons (Fsp3) is 0.0263. The highest BCUT2D eigenvalue weighted by Gasteiger charge is 2.31. The molecule has 0 aliphatic carbocycles. The molecule has 8 rings (SSSR count). The lowest BCUT2D eigenvalue weighted by atomic mass is 10.0. The van der Waals surface area contributed by atoms with Gasteiger partial charge in [-0.25, -0.2) is 18.3 Å². The van der Waals surface area contributed by atoms with E-state index in [0.717, 1.165) is 47.8 Å². The monoisotopic (exact) mass is 926 g/mol. The maximum Gasteiger partial charge on any atom is 0.286 e. The molecular formula is C38H20Cl4F2N8O6S2. The van der Waals surface area contributed by atoms with Crippen LogP contribution in [0.3, 0.4) is 0 Å². The highest BCUT2D eigenvalue weighted by molar-refractivity contribution is 8.14. The standard InChI is InChI=1S/C19H11Cl2FN4O3S.C19H9Cl2FN4O3S/c2*20-11-2-1-3-12(21)17(11)18-13-5-7-16(24-25(13)9-23-19(18)27)30-15-6-4-10(22)8-14(15)26(28)29/h1-8H,9H2,(H,23,27);1-9H. The quantitative estimate of drug-likeness (QED) is 0.119. The number of thioether (sulfide) groups is 1. The van der Waals surface area contributed by atoms with Gasteiger partial charge in [0.1, 0.15) is 34.7 Å². The van der Waals surface area contributed by atoms with Crippen LogP contribution in [-0.4, -0.2) is 47.1 Å². The Balaban J connectivity index is 0.000000181. The van der Waals surface area contributed by atoms with Crippen molar-refractivity contribution in [2.24, 2.45) is 5.10 Å². The van der Waals surface area contributed by atoms with Crippen molar-refractivity contribution in [2.75, 3.05) is 6.67 Å². The van der Waals surface area contributed by atoms with E-state index < -0.39 is 27.0 Å². The van der Waals surface area contributed by atoms with Gasteiger partial charge in [0.05, 0.1) is 74.2 Å². The molecule has 0 unspecified atom stereocenters. The number of nitrogens with one attached hydrogen (secondary N) is 1. The van der Waals surface area contributed by atoms with Gasteiger partial charge in [-0.3, -0.25) is 29.8 Å². The third-order valence-electron chi connectivity index (χ3n) is 8.43. The number of fused-ring (bicyclic) bond motifs is 2. The van der Waals surface area contributed by atoms with Gasteiger partial charge in [-0.2, -0.15) is 15.2 Å². The number of carbonyl (C=O) groups is 1. The number of nitro groups is 2. The fourth-order valence-corrected chi connectivity index (χ4v) is 8.75. The maximum atomic E-state index is 13.4. The van der Waals surface area contributed by atoms with Crippen molar-refractivity contribution in [3.8, 4) is 11.1 Å². The second-order valence-corrected chi connectivity index (χ2v) is 15.9. The molecule has 1 amide bonds. The zero-order chi connectivity index (χ0) is 42.8. The van der Waals surface area contributed by atoms with Crippen LogP contribution in [0.25, 0.3) is 22.2 Å². The van der Waals surface area contributed by atoms with Gasteiger partial charge in [0.15, 0.2) is 0 Å². The molecule has 0 saturated heterocycles. The third kappa shape index (κ3) is 8.84. The number of amides is 1. The molecule has 60 heavy (non-hydrogen) atoms. The first-order chi connectivity index (χ1) is 28.7. The largest absolute Gasteiger partial charge is 0.333 e. The predicted molar refractivity (Wildman–Crippen MR) is 226 cm³/mol. The summed E-state index contributed by atoms with van der Waals surface area (Å²) in [6.07, 6.45) is 4.51. The lowest BCUT2D eigenvalue weighted by Crippen LogP contribution is -2.42. The van der Waals surface area contributed by atoms with Crippen LogP contribution >= 0.6 is 69.9 Å². The number of hydrogen-bond acceptors (Lipinski definition) is 12. The average molecular weight is 929 g/mol. The Bertz CT molecular complexity index is 2910. The summed E-state index contributed by atoms with van der Waals surface area (Å²) in [6, 6.07) is 19.6. The number of carbonyl (C=O) groups excluding carboxylic acids is 1. The highest BCUT2D eigenvalue weighted by atomic mass is 35.5. The van der Waals surface area contributed by atoms with Crippen LogP contribution in [0.5, 0.6) is 0 Å². The number of hydrazone groups is 1. The van der Waals surface area contributed by atoms with E-state index in [4.69, 9.17) is 46.4 Å². The minimum absolute atomic E-state index is 0.0969. The molecule has 4 heterocycles. The Morgan fingerprint density at radius 2 is 1.28 bits per heavy atom. The second-order valence-electron chi connectivity index (χ2n) is 12.2. The smallest absolute Gasteiger partial charge is 0.286 e. The van der Waals surface area contributed by atoms with Crippen LogP contribution in [0.2, 0.25) is 20.1 Å². The number of halogens is 6. The minimum Gasteiger partial charge on any atom is -0.333 e. The van der Waals surface area contributed by atoms with E-state index in [9.17, 15) is 38.6 Å². The first kappa shape index (κ1) is 42.2. The lowest BCUT2D eigenvalue weighted by molar-refractivity contribution is -0.388. The first-order valence-electron chi connectivity index (χ1n) is 16.8. The van der Waals surface area contributed by atoms with E-state index in [1.54, 1.807) is 60.7 Å². The molecule has 22 heteroatoms. The van der Waals surface area contributed by atoms with Gasteiger partial charge < -0.3 is 5.32 Å². The summed E-state index contributed by atoms with van der Waals surface area (Å²) >= 11 is 27.1. The third-order valence-corrected chi connectivity index (χ3v) is 11.7. The van der Waals surface area contributed by atoms with Crippen LogP contribution in [0, 0.1) is 31.9 Å². The van der Waals surface area contributed by atoms with E-state index in [0.29, 0.717) is 42.5 Å². The number of aromatic nitrogens is 3. The molecule has 0 fully saturated rings. The topological polar surface area (TPSA) is 178 Å². The van der Waals surface area contributed by atoms with E-state index in [2.05, 4.69) is 20.5 Å². The number of benzene rings is 4. The minimum atomic E-state index is -0.708. The van der Waals surface area contributed by atoms with Gasteiger partial charge >= 0.3 is 0 Å². The molecule has 14 nitrogen and oxygen atoms in total. The Hall–Kier alpha value is -5.89. The molecule has 6 aromatic rings. The number of rotatable bonds is 7. The second kappa shape index (κ2) is 17.8. The summed E-state index contributed by atoms with van der Waals surface area (Å²) in [6.45, 7) is 0.0969. The van der Waals surface area contributed by atoms with Gasteiger partial charge in [0.2, 0.25) is 0 Å². The van der Waals surface area contributed by atoms with E-state index in [-0.39, 0.29) is 54.9 Å². The normalized spacial score (nSPS) is 13.3. The van der Waals surface area contributed by atoms with Crippen molar-refractivity contribution in [2.45, 2.75) is 14.8 Å². The molecule has 4 aromatic carbocycles. The summed E-state index contributed by atoms with van der Waals surface area (Å²) in [5.74, 6) is -1.75. The molecule has 1 N–H and O–H groups in total. The molecular weight excluding hydrogens is 908 g/mol. The Labute approximate surface area is 364 Å². The highest BCUT2D eigenvalue weighted by Crippen LogP contribution is 2.40. The van der Waals surface area contributed by atoms with Crippen molar-refractivity contribution in [3.63, 3.8) is 0 Å². The van der Waals surface area contributed by atoms with Crippen LogP contribution < -0.4 is 10.9 Å². The molecule has 2 aliphatic heterocycles. The van der Waals surface area contributed by atoms with Crippen molar-refractivity contribution < 1.29 is 23.4 Å². The lowest BCUT2D eigenvalue weighted by Gasteiger charge is -2.31. The molecule has 2 aromatic heterocycles. The van der Waals surface area contributed by atoms with Crippen LogP contribution in [-0.2, 0) is 4.79 Å². The van der Waals surface area contributed by atoms with E-state index in [1.807, 2.05) is 0 Å². The zero-order valence-corrected chi connectivity index (χ0v) is 34.3. The number of nitrogens with zero attached hydrogens (tertiary/aromatic N) is 7. The Morgan fingerprint density at radius 1 is 0.717 bits per heavy atom. The van der Waals surface area contributed by atoms with E-state index in [1.165, 1.54) is 28.0 Å². The first-order valence-corrected chi connectivity index (χ1v) is 19.9. The summed E-state index contributed by atoms with van der Waals surface area (Å²) in [4.78, 5) is 50.5. The van der Waals surface area contributed by atoms with Crippen LogP contribution in [0.15, 0.2) is 134 Å². The van der Waals surface area contributed by atoms with Crippen molar-refractivity contribution in [1.82, 2.24) is 24.9 Å². The molecule has 0 spiro atoms.